The van der Waals surface area contributed by atoms with E-state index in [1.807, 2.05) is 42.1 Å². The van der Waals surface area contributed by atoms with E-state index in [0.29, 0.717) is 28.6 Å². The molecule has 0 fully saturated rings. The maximum absolute atomic E-state index is 13.1. The summed E-state index contributed by atoms with van der Waals surface area (Å²) in [6.07, 6.45) is 3.48. The lowest BCUT2D eigenvalue weighted by Crippen LogP contribution is -2.31. The molecular weight excluding hydrogens is 414 g/mol. The predicted molar refractivity (Wildman–Crippen MR) is 116 cm³/mol. The number of benzene rings is 2. The largest absolute Gasteiger partial charge is 0.497 e. The molecule has 2 aromatic carbocycles. The Hall–Kier alpha value is -4.01. The molecule has 0 saturated heterocycles. The first-order chi connectivity index (χ1) is 15.5. The van der Waals surface area contributed by atoms with Crippen LogP contribution in [0.2, 0.25) is 0 Å². The van der Waals surface area contributed by atoms with E-state index in [1.54, 1.807) is 31.5 Å². The molecule has 0 radical (unpaired) electrons. The summed E-state index contributed by atoms with van der Waals surface area (Å²) in [5.74, 6) is 1.12. The second kappa shape index (κ2) is 10.3. The van der Waals surface area contributed by atoms with Gasteiger partial charge < -0.3 is 28.8 Å². The normalized spacial score (nSPS) is 11.4. The molecule has 0 saturated carbocycles. The van der Waals surface area contributed by atoms with Crippen molar-refractivity contribution < 1.29 is 28.5 Å². The Morgan fingerprint density at radius 2 is 1.88 bits per heavy atom. The number of nitrogens with zero attached hydrogens (tertiary/aromatic N) is 2. The van der Waals surface area contributed by atoms with Crippen LogP contribution in [0.15, 0.2) is 54.9 Å². The van der Waals surface area contributed by atoms with Crippen molar-refractivity contribution >= 4 is 11.9 Å². The smallest absolute Gasteiger partial charge is 0.343 e. The molecule has 1 aromatic heterocycles. The Labute approximate surface area is 185 Å². The van der Waals surface area contributed by atoms with Gasteiger partial charge in [-0.2, -0.15) is 0 Å². The molecule has 0 aliphatic rings. The van der Waals surface area contributed by atoms with Crippen LogP contribution in [-0.2, 0) is 16.6 Å². The molecule has 0 aliphatic carbocycles. The van der Waals surface area contributed by atoms with Crippen LogP contribution in [0.3, 0.4) is 0 Å². The first-order valence-electron chi connectivity index (χ1n) is 9.76. The number of nitrogens with one attached hydrogen (secondary N) is 1. The van der Waals surface area contributed by atoms with Gasteiger partial charge in [0.05, 0.1) is 21.3 Å². The number of carbonyl (C=O) groups is 2. The highest BCUT2D eigenvalue weighted by Crippen LogP contribution is 2.29. The minimum Gasteiger partial charge on any atom is -0.497 e. The van der Waals surface area contributed by atoms with Crippen molar-refractivity contribution in [1.29, 1.82) is 0 Å². The van der Waals surface area contributed by atoms with Crippen molar-refractivity contribution in [2.75, 3.05) is 27.9 Å². The van der Waals surface area contributed by atoms with Crippen molar-refractivity contribution in [1.82, 2.24) is 14.9 Å². The van der Waals surface area contributed by atoms with Crippen LogP contribution in [0.5, 0.6) is 17.2 Å². The number of rotatable bonds is 9. The minimum absolute atomic E-state index is 0.268. The zero-order chi connectivity index (χ0) is 23.1. The van der Waals surface area contributed by atoms with Crippen LogP contribution in [-0.4, -0.2) is 49.4 Å². The summed E-state index contributed by atoms with van der Waals surface area (Å²) in [4.78, 5) is 28.9. The summed E-state index contributed by atoms with van der Waals surface area (Å²) in [6, 6.07) is 11.6. The maximum atomic E-state index is 13.1. The van der Waals surface area contributed by atoms with E-state index in [0.717, 1.165) is 5.56 Å². The topological polar surface area (TPSA) is 101 Å². The average molecular weight is 439 g/mol. The fraction of sp³-hybridized carbons (Fsp3) is 0.261. The first-order valence-corrected chi connectivity index (χ1v) is 9.76. The monoisotopic (exact) mass is 439 g/mol. The Morgan fingerprint density at radius 1 is 1.06 bits per heavy atom. The Morgan fingerprint density at radius 3 is 2.53 bits per heavy atom. The molecule has 1 amide bonds. The highest BCUT2D eigenvalue weighted by Gasteiger charge is 2.23. The molecule has 168 valence electrons. The van der Waals surface area contributed by atoms with Gasteiger partial charge in [-0.05, 0) is 35.9 Å². The molecule has 0 bridgehead atoms. The summed E-state index contributed by atoms with van der Waals surface area (Å²) in [5, 5.41) is 3.03. The van der Waals surface area contributed by atoms with Crippen LogP contribution in [0.1, 0.15) is 27.8 Å². The third kappa shape index (κ3) is 5.18. The number of aryl methyl sites for hydroxylation is 1. The molecule has 1 heterocycles. The molecule has 0 spiro atoms. The van der Waals surface area contributed by atoms with Gasteiger partial charge in [-0.25, -0.2) is 9.78 Å². The van der Waals surface area contributed by atoms with Crippen molar-refractivity contribution in [2.24, 2.45) is 7.05 Å². The number of aromatic nitrogens is 2. The number of methoxy groups -OCH3 is 3. The predicted octanol–water partition coefficient (Wildman–Crippen LogP) is 2.51. The van der Waals surface area contributed by atoms with Gasteiger partial charge >= 0.3 is 5.97 Å². The summed E-state index contributed by atoms with van der Waals surface area (Å²) >= 11 is 0. The number of hydrogen-bond donors (Lipinski definition) is 1. The van der Waals surface area contributed by atoms with E-state index < -0.39 is 12.0 Å². The number of carbonyl (C=O) groups excluding carboxylic acids is 2. The fourth-order valence-electron chi connectivity index (χ4n) is 3.11. The van der Waals surface area contributed by atoms with Crippen molar-refractivity contribution in [3.05, 3.63) is 71.8 Å². The summed E-state index contributed by atoms with van der Waals surface area (Å²) < 4.78 is 22.5. The molecule has 1 unspecified atom stereocenters. The number of imidazole rings is 1. The summed E-state index contributed by atoms with van der Waals surface area (Å²) in [5.41, 5.74) is 1.17. The van der Waals surface area contributed by atoms with Gasteiger partial charge in [0.2, 0.25) is 0 Å². The molecule has 1 N–H and O–H groups in total. The summed E-state index contributed by atoms with van der Waals surface area (Å²) in [7, 11) is 6.17. The molecule has 3 aromatic rings. The number of ether oxygens (including phenoxy) is 4. The Bertz CT molecular complexity index is 1090. The molecule has 9 heteroatoms. The lowest BCUT2D eigenvalue weighted by molar-refractivity contribution is -0.142. The van der Waals surface area contributed by atoms with Crippen LogP contribution in [0, 0.1) is 0 Å². The third-order valence-corrected chi connectivity index (χ3v) is 4.82. The molecule has 0 aliphatic heterocycles. The van der Waals surface area contributed by atoms with E-state index in [-0.39, 0.29) is 12.5 Å². The van der Waals surface area contributed by atoms with E-state index in [4.69, 9.17) is 14.2 Å². The highest BCUT2D eigenvalue weighted by molar-refractivity contribution is 5.95. The summed E-state index contributed by atoms with van der Waals surface area (Å²) in [6.45, 7) is -0.268. The van der Waals surface area contributed by atoms with Gasteiger partial charge in [-0.15, -0.1) is 0 Å². The molecular formula is C23H25N3O6. The fourth-order valence-corrected chi connectivity index (χ4v) is 3.11. The molecule has 32 heavy (non-hydrogen) atoms. The first kappa shape index (κ1) is 22.7. The van der Waals surface area contributed by atoms with Crippen LogP contribution in [0.25, 0.3) is 0 Å². The standard InChI is InChI=1S/C23H25N3O6/c1-26-11-10-24-22(26)21(15-6-5-7-17(12-15)29-2)25-23(28)16-8-9-18(19(13-16)30-3)32-14-20(27)31-4/h5-13,21H,14H2,1-4H3,(H,25,28). The van der Waals surface area contributed by atoms with Gasteiger partial charge in [-0.3, -0.25) is 4.79 Å². The van der Waals surface area contributed by atoms with Crippen molar-refractivity contribution in [2.45, 2.75) is 6.04 Å². The van der Waals surface area contributed by atoms with Crippen LogP contribution in [0.4, 0.5) is 0 Å². The van der Waals surface area contributed by atoms with E-state index in [2.05, 4.69) is 15.0 Å². The van der Waals surface area contributed by atoms with Gasteiger partial charge in [-0.1, -0.05) is 12.1 Å². The quantitative estimate of drug-likeness (QED) is 0.511. The SMILES string of the molecule is COC(=O)COc1ccc(C(=O)NC(c2cccc(OC)c2)c2nccn2C)cc1OC. The second-order valence-corrected chi connectivity index (χ2v) is 6.81. The van der Waals surface area contributed by atoms with Gasteiger partial charge in [0.1, 0.15) is 17.6 Å². The number of esters is 1. The highest BCUT2D eigenvalue weighted by atomic mass is 16.6. The number of hydrogen-bond acceptors (Lipinski definition) is 7. The average Bonchev–Trinajstić information content (AvgIpc) is 3.25. The Kier molecular flexibility index (Phi) is 7.33. The van der Waals surface area contributed by atoms with Crippen molar-refractivity contribution in [3.63, 3.8) is 0 Å². The minimum atomic E-state index is -0.523. The Balaban J connectivity index is 1.87. The molecule has 3 rings (SSSR count). The van der Waals surface area contributed by atoms with E-state index >= 15 is 0 Å². The molecule has 1 atom stereocenters. The van der Waals surface area contributed by atoms with Crippen molar-refractivity contribution in [3.8, 4) is 17.2 Å². The number of amides is 1. The third-order valence-electron chi connectivity index (χ3n) is 4.82. The molecule has 9 nitrogen and oxygen atoms in total. The lowest BCUT2D eigenvalue weighted by Gasteiger charge is -2.20. The van der Waals surface area contributed by atoms with E-state index in [1.165, 1.54) is 14.2 Å². The van der Waals surface area contributed by atoms with Gasteiger partial charge in [0, 0.05) is 25.0 Å². The van der Waals surface area contributed by atoms with Crippen LogP contribution >= 0.6 is 0 Å². The maximum Gasteiger partial charge on any atom is 0.343 e. The van der Waals surface area contributed by atoms with E-state index in [9.17, 15) is 9.59 Å². The lowest BCUT2D eigenvalue weighted by atomic mass is 10.0. The van der Waals surface area contributed by atoms with Gasteiger partial charge in [0.25, 0.3) is 5.91 Å². The zero-order valence-corrected chi connectivity index (χ0v) is 18.3. The van der Waals surface area contributed by atoms with Gasteiger partial charge in [0.15, 0.2) is 18.1 Å². The second-order valence-electron chi connectivity index (χ2n) is 6.81. The van der Waals surface area contributed by atoms with Crippen LogP contribution < -0.4 is 19.5 Å². The zero-order valence-electron chi connectivity index (χ0n) is 18.3.